The first-order valence-corrected chi connectivity index (χ1v) is 16.8. The molecule has 0 unspecified atom stereocenters. The van der Waals surface area contributed by atoms with E-state index in [0.29, 0.717) is 30.1 Å². The Morgan fingerprint density at radius 1 is 0.878 bits per heavy atom. The molecule has 5 saturated carbocycles. The third kappa shape index (κ3) is 4.32. The number of aliphatic hydroxyl groups is 1. The molecule has 11 atom stereocenters. The lowest BCUT2D eigenvalue weighted by Gasteiger charge is -2.72. The van der Waals surface area contributed by atoms with Crippen molar-refractivity contribution in [2.24, 2.45) is 62.6 Å². The van der Waals surface area contributed by atoms with E-state index >= 15 is 0 Å². The number of allylic oxidation sites excluding steroid dienone is 1. The number of nitrogens with one attached hydrogen (secondary N) is 1. The summed E-state index contributed by atoms with van der Waals surface area (Å²) in [5.41, 5.74) is 1.17. The second kappa shape index (κ2) is 10.1. The van der Waals surface area contributed by atoms with Gasteiger partial charge in [-0.15, -0.1) is 0 Å². The number of carboxylic acid groups (broad SMARTS) is 1. The summed E-state index contributed by atoms with van der Waals surface area (Å²) in [6, 6.07) is -0.830. The van der Waals surface area contributed by atoms with Crippen molar-refractivity contribution in [3.63, 3.8) is 0 Å². The molecule has 5 nitrogen and oxygen atoms in total. The van der Waals surface area contributed by atoms with Crippen LogP contribution in [0.3, 0.4) is 0 Å². The molecule has 3 N–H and O–H groups in total. The summed E-state index contributed by atoms with van der Waals surface area (Å²) < 4.78 is 0. The van der Waals surface area contributed by atoms with Gasteiger partial charge in [0.15, 0.2) is 0 Å². The fourth-order valence-electron chi connectivity index (χ4n) is 12.5. The van der Waals surface area contributed by atoms with Gasteiger partial charge in [0.05, 0.1) is 11.5 Å². The lowest BCUT2D eigenvalue weighted by Crippen LogP contribution is -2.67. The molecule has 5 rings (SSSR count). The normalized spacial score (nSPS) is 47.4. The standard InChI is InChI=1S/C36H59NO4/c1-21(2)20-25(30(39)40)37-31(41)36-17-12-23(22(3)4)29(36)24-10-11-27-33(7)15-14-28(38)32(5,6)26(33)13-16-35(27,9)34(24,8)18-19-36/h21,23-29,38H,3,10-20H2,1-2,4-9H3,(H,37,41)(H,39,40)/t23-,24+,25-,26-,27+,28-,29+,33-,34+,35+,36-/m0/s1. The van der Waals surface area contributed by atoms with Crippen LogP contribution in [0.25, 0.3) is 0 Å². The van der Waals surface area contributed by atoms with E-state index in [1.807, 2.05) is 13.8 Å². The highest BCUT2D eigenvalue weighted by molar-refractivity contribution is 5.88. The highest BCUT2D eigenvalue weighted by atomic mass is 16.4. The Kier molecular flexibility index (Phi) is 7.65. The number of carboxylic acids is 1. The van der Waals surface area contributed by atoms with Crippen LogP contribution in [0.5, 0.6) is 0 Å². The van der Waals surface area contributed by atoms with Crippen molar-refractivity contribution in [1.82, 2.24) is 5.32 Å². The van der Waals surface area contributed by atoms with Crippen molar-refractivity contribution in [2.45, 2.75) is 138 Å². The molecule has 232 valence electrons. The molecule has 0 radical (unpaired) electrons. The van der Waals surface area contributed by atoms with Gasteiger partial charge in [0, 0.05) is 0 Å². The van der Waals surface area contributed by atoms with Gasteiger partial charge in [0.1, 0.15) is 6.04 Å². The number of fused-ring (bicyclic) bond motifs is 7. The summed E-state index contributed by atoms with van der Waals surface area (Å²) in [6.45, 7) is 23.0. The van der Waals surface area contributed by atoms with E-state index < -0.39 is 17.4 Å². The minimum atomic E-state index is -0.923. The minimum absolute atomic E-state index is 0.00712. The molecule has 0 aromatic heterocycles. The Labute approximate surface area is 249 Å². The molecule has 0 aromatic rings. The van der Waals surface area contributed by atoms with Crippen LogP contribution in [0.15, 0.2) is 12.2 Å². The molecule has 0 aromatic carbocycles. The molecule has 41 heavy (non-hydrogen) atoms. The monoisotopic (exact) mass is 569 g/mol. The highest BCUT2D eigenvalue weighted by Crippen LogP contribution is 2.77. The number of hydrogen-bond acceptors (Lipinski definition) is 3. The molecule has 5 aliphatic carbocycles. The van der Waals surface area contributed by atoms with Gasteiger partial charge in [-0.05, 0) is 135 Å². The van der Waals surface area contributed by atoms with Gasteiger partial charge in [0.2, 0.25) is 5.91 Å². The summed E-state index contributed by atoms with van der Waals surface area (Å²) >= 11 is 0. The molecule has 5 heteroatoms. The van der Waals surface area contributed by atoms with Gasteiger partial charge in [0.25, 0.3) is 0 Å². The average Bonchev–Trinajstić information content (AvgIpc) is 3.27. The number of rotatable bonds is 6. The molecular formula is C36H59NO4. The number of aliphatic carboxylic acids is 1. The van der Waals surface area contributed by atoms with Crippen molar-refractivity contribution in [1.29, 1.82) is 0 Å². The fraction of sp³-hybridized carbons (Fsp3) is 0.889. The Hall–Kier alpha value is -1.36. The summed E-state index contributed by atoms with van der Waals surface area (Å²) in [4.78, 5) is 26.5. The van der Waals surface area contributed by atoms with Crippen LogP contribution in [-0.4, -0.2) is 34.2 Å². The van der Waals surface area contributed by atoms with Crippen LogP contribution in [0.2, 0.25) is 0 Å². The van der Waals surface area contributed by atoms with E-state index in [-0.39, 0.29) is 45.5 Å². The zero-order chi connectivity index (χ0) is 30.3. The van der Waals surface area contributed by atoms with Gasteiger partial charge in [-0.25, -0.2) is 4.79 Å². The van der Waals surface area contributed by atoms with Crippen LogP contribution in [0, 0.1) is 62.6 Å². The third-order valence-electron chi connectivity index (χ3n) is 14.8. The molecule has 0 aliphatic heterocycles. The summed E-state index contributed by atoms with van der Waals surface area (Å²) in [7, 11) is 0. The summed E-state index contributed by atoms with van der Waals surface area (Å²) in [5, 5.41) is 24.1. The maximum Gasteiger partial charge on any atom is 0.326 e. The summed E-state index contributed by atoms with van der Waals surface area (Å²) in [5.74, 6) is 1.40. The first-order chi connectivity index (χ1) is 19.0. The average molecular weight is 570 g/mol. The van der Waals surface area contributed by atoms with Crippen molar-refractivity contribution in [3.8, 4) is 0 Å². The number of hydrogen-bond donors (Lipinski definition) is 3. The smallest absolute Gasteiger partial charge is 0.326 e. The van der Waals surface area contributed by atoms with Crippen LogP contribution < -0.4 is 5.32 Å². The van der Waals surface area contributed by atoms with Crippen LogP contribution in [0.4, 0.5) is 0 Å². The van der Waals surface area contributed by atoms with E-state index in [0.717, 1.165) is 44.9 Å². The predicted molar refractivity (Wildman–Crippen MR) is 164 cm³/mol. The van der Waals surface area contributed by atoms with E-state index in [2.05, 4.69) is 53.4 Å². The van der Waals surface area contributed by atoms with Crippen molar-refractivity contribution >= 4 is 11.9 Å². The minimum Gasteiger partial charge on any atom is -0.480 e. The number of aliphatic hydroxyl groups excluding tert-OH is 1. The maximum absolute atomic E-state index is 14.3. The Morgan fingerprint density at radius 3 is 2.17 bits per heavy atom. The van der Waals surface area contributed by atoms with Crippen LogP contribution in [-0.2, 0) is 9.59 Å². The lowest BCUT2D eigenvalue weighted by molar-refractivity contribution is -0.246. The molecular weight excluding hydrogens is 510 g/mol. The largest absolute Gasteiger partial charge is 0.480 e. The Bertz CT molecular complexity index is 1080. The van der Waals surface area contributed by atoms with E-state index in [1.54, 1.807) is 0 Å². The van der Waals surface area contributed by atoms with Gasteiger partial charge in [-0.1, -0.05) is 60.6 Å². The topological polar surface area (TPSA) is 86.6 Å². The van der Waals surface area contributed by atoms with E-state index in [9.17, 15) is 19.8 Å². The van der Waals surface area contributed by atoms with Crippen LogP contribution in [0.1, 0.15) is 126 Å². The Morgan fingerprint density at radius 2 is 1.56 bits per heavy atom. The number of amides is 1. The number of carbonyl (C=O) groups is 2. The molecule has 0 bridgehead atoms. The van der Waals surface area contributed by atoms with Gasteiger partial charge >= 0.3 is 5.97 Å². The lowest BCUT2D eigenvalue weighted by atomic mass is 9.32. The molecule has 5 aliphatic rings. The van der Waals surface area contributed by atoms with E-state index in [4.69, 9.17) is 0 Å². The first kappa shape index (κ1) is 31.1. The van der Waals surface area contributed by atoms with Crippen molar-refractivity contribution in [2.75, 3.05) is 0 Å². The molecule has 0 saturated heterocycles. The van der Waals surface area contributed by atoms with Gasteiger partial charge in [-0.3, -0.25) is 4.79 Å². The van der Waals surface area contributed by atoms with Gasteiger partial charge in [-0.2, -0.15) is 0 Å². The predicted octanol–water partition coefficient (Wildman–Crippen LogP) is 7.62. The second-order valence-electron chi connectivity index (χ2n) is 17.2. The quantitative estimate of drug-likeness (QED) is 0.287. The third-order valence-corrected chi connectivity index (χ3v) is 14.8. The fourth-order valence-corrected chi connectivity index (χ4v) is 12.5. The van der Waals surface area contributed by atoms with Crippen molar-refractivity contribution in [3.05, 3.63) is 12.2 Å². The van der Waals surface area contributed by atoms with Crippen molar-refractivity contribution < 1.29 is 19.8 Å². The maximum atomic E-state index is 14.3. The molecule has 0 heterocycles. The van der Waals surface area contributed by atoms with Gasteiger partial charge < -0.3 is 15.5 Å². The van der Waals surface area contributed by atoms with E-state index in [1.165, 1.54) is 24.8 Å². The molecule has 0 spiro atoms. The Balaban J connectivity index is 1.51. The second-order valence-corrected chi connectivity index (χ2v) is 17.2. The molecule has 1 amide bonds. The SMILES string of the molecule is C=C(C)[C@@H]1CC[C@]2(C(=O)N[C@@H](CC(C)C)C(=O)O)CC[C@]3(C)[C@H](CC[C@@H]4[C@@]5(C)CC[C@H](O)C(C)(C)[C@@H]5CC[C@]43C)[C@@H]12. The zero-order valence-corrected chi connectivity index (χ0v) is 27.3. The zero-order valence-electron chi connectivity index (χ0n) is 27.3. The summed E-state index contributed by atoms with van der Waals surface area (Å²) in [6.07, 6.45) is 10.7. The number of carbonyl (C=O) groups excluding carboxylic acids is 1. The molecule has 5 fully saturated rings. The highest BCUT2D eigenvalue weighted by Gasteiger charge is 2.71. The van der Waals surface area contributed by atoms with Crippen LogP contribution >= 0.6 is 0 Å². The first-order valence-electron chi connectivity index (χ1n) is 16.8.